The van der Waals surface area contributed by atoms with Crippen LogP contribution in [0.5, 0.6) is 5.75 Å². The maximum atomic E-state index is 13.5. The summed E-state index contributed by atoms with van der Waals surface area (Å²) in [6, 6.07) is 1.53. The second-order valence-electron chi connectivity index (χ2n) is 3.08. The molecule has 0 amide bonds. The molecule has 0 atom stereocenters. The van der Waals surface area contributed by atoms with Gasteiger partial charge in [0.1, 0.15) is 11.6 Å². The average Bonchev–Trinajstić information content (AvgIpc) is 2.25. The zero-order valence-electron chi connectivity index (χ0n) is 8.77. The second kappa shape index (κ2) is 5.85. The summed E-state index contributed by atoms with van der Waals surface area (Å²) < 4.78 is 41.3. The number of hydrogen-bond donors (Lipinski definition) is 1. The molecule has 7 heteroatoms. The number of hydrogen-bond acceptors (Lipinski definition) is 3. The molecule has 0 spiro atoms. The topological polar surface area (TPSA) is 63.6 Å². The van der Waals surface area contributed by atoms with E-state index >= 15 is 0 Å². The largest absolute Gasteiger partial charge is 0.478 e. The summed E-state index contributed by atoms with van der Waals surface area (Å²) in [5.41, 5.74) is -0.600. The lowest BCUT2D eigenvalue weighted by Crippen LogP contribution is -2.04. The highest BCUT2D eigenvalue weighted by Crippen LogP contribution is 2.23. The third-order valence-corrected chi connectivity index (χ3v) is 1.88. The van der Waals surface area contributed by atoms with Crippen molar-refractivity contribution in [2.75, 3.05) is 0 Å². The molecule has 0 aliphatic carbocycles. The lowest BCUT2D eigenvalue weighted by atomic mass is 10.1. The molecular weight excluding hydrogens is 253 g/mol. The summed E-state index contributed by atoms with van der Waals surface area (Å²) in [5, 5.41) is 8.38. The van der Waals surface area contributed by atoms with Gasteiger partial charge in [0.25, 0.3) is 0 Å². The van der Waals surface area contributed by atoms with Gasteiger partial charge in [-0.3, -0.25) is 4.79 Å². The number of ether oxygens (including phenoxy) is 1. The maximum Gasteiger partial charge on any atom is 0.387 e. The maximum absolute atomic E-state index is 13.5. The lowest BCUT2D eigenvalue weighted by molar-refractivity contribution is -0.131. The van der Waals surface area contributed by atoms with E-state index in [2.05, 4.69) is 4.74 Å². The summed E-state index contributed by atoms with van der Waals surface area (Å²) in [6.07, 6.45) is 1.69. The van der Waals surface area contributed by atoms with Crippen molar-refractivity contribution >= 4 is 18.3 Å². The van der Waals surface area contributed by atoms with E-state index in [1.807, 2.05) is 0 Å². The monoisotopic (exact) mass is 260 g/mol. The van der Waals surface area contributed by atoms with Gasteiger partial charge in [-0.1, -0.05) is 0 Å². The summed E-state index contributed by atoms with van der Waals surface area (Å²) in [6.45, 7) is -3.15. The van der Waals surface area contributed by atoms with Crippen LogP contribution in [0.25, 0.3) is 6.08 Å². The molecule has 0 fully saturated rings. The number of rotatable bonds is 5. The minimum Gasteiger partial charge on any atom is -0.478 e. The molecule has 18 heavy (non-hydrogen) atoms. The molecule has 0 radical (unpaired) electrons. The number of carboxylic acid groups (broad SMARTS) is 1. The lowest BCUT2D eigenvalue weighted by Gasteiger charge is -2.07. The number of benzene rings is 1. The van der Waals surface area contributed by atoms with Crippen molar-refractivity contribution < 1.29 is 32.6 Å². The molecule has 1 rings (SSSR count). The first-order valence-corrected chi connectivity index (χ1v) is 4.58. The normalized spacial score (nSPS) is 10.9. The minimum absolute atomic E-state index is 0.211. The van der Waals surface area contributed by atoms with Gasteiger partial charge in [-0.2, -0.15) is 8.78 Å². The molecule has 0 aliphatic rings. The van der Waals surface area contributed by atoms with Crippen molar-refractivity contribution in [2.24, 2.45) is 0 Å². The molecule has 0 saturated heterocycles. The summed E-state index contributed by atoms with van der Waals surface area (Å²) in [7, 11) is 0. The summed E-state index contributed by atoms with van der Waals surface area (Å²) >= 11 is 0. The van der Waals surface area contributed by atoms with E-state index in [0.29, 0.717) is 12.1 Å². The molecule has 0 bridgehead atoms. The first kappa shape index (κ1) is 13.8. The Morgan fingerprint density at radius 1 is 1.39 bits per heavy atom. The molecule has 4 nitrogen and oxygen atoms in total. The van der Waals surface area contributed by atoms with Crippen LogP contribution in [-0.2, 0) is 4.79 Å². The first-order chi connectivity index (χ1) is 8.43. The van der Waals surface area contributed by atoms with Gasteiger partial charge in [0.2, 0.25) is 0 Å². The van der Waals surface area contributed by atoms with Gasteiger partial charge in [-0.25, -0.2) is 9.18 Å². The van der Waals surface area contributed by atoms with E-state index in [4.69, 9.17) is 5.11 Å². The number of carbonyl (C=O) groups excluding carboxylic acids is 1. The predicted molar refractivity (Wildman–Crippen MR) is 55.1 cm³/mol. The number of aldehydes is 1. The third kappa shape index (κ3) is 3.62. The Morgan fingerprint density at radius 2 is 2.06 bits per heavy atom. The molecule has 96 valence electrons. The molecular formula is C11H7F3O4. The van der Waals surface area contributed by atoms with Crippen molar-refractivity contribution in [1.29, 1.82) is 0 Å². The SMILES string of the molecule is O=Cc1cc(OC(F)F)cc(F)c1/C=C/C(=O)O. The van der Waals surface area contributed by atoms with E-state index in [0.717, 1.165) is 12.1 Å². The van der Waals surface area contributed by atoms with Gasteiger partial charge < -0.3 is 9.84 Å². The van der Waals surface area contributed by atoms with Gasteiger partial charge in [0, 0.05) is 23.3 Å². The Hall–Kier alpha value is -2.31. The zero-order chi connectivity index (χ0) is 13.7. The molecule has 1 aromatic carbocycles. The summed E-state index contributed by atoms with van der Waals surface area (Å²) in [5.74, 6) is -2.89. The molecule has 0 heterocycles. The number of carboxylic acids is 1. The Labute approximate surface area is 99.3 Å². The van der Waals surface area contributed by atoms with Crippen LogP contribution in [0.15, 0.2) is 18.2 Å². The Balaban J connectivity index is 3.19. The fourth-order valence-electron chi connectivity index (χ4n) is 1.21. The average molecular weight is 260 g/mol. The molecule has 0 aromatic heterocycles. The quantitative estimate of drug-likeness (QED) is 0.652. The van der Waals surface area contributed by atoms with E-state index in [1.165, 1.54) is 0 Å². The number of carbonyl (C=O) groups is 2. The van der Waals surface area contributed by atoms with Crippen LogP contribution in [0.4, 0.5) is 13.2 Å². The number of aliphatic carboxylic acids is 1. The Morgan fingerprint density at radius 3 is 2.56 bits per heavy atom. The van der Waals surface area contributed by atoms with E-state index in [1.54, 1.807) is 0 Å². The fraction of sp³-hybridized carbons (Fsp3) is 0.0909. The summed E-state index contributed by atoms with van der Waals surface area (Å²) in [4.78, 5) is 20.9. The Bertz CT molecular complexity index is 497. The van der Waals surface area contributed by atoms with Crippen LogP contribution in [0.1, 0.15) is 15.9 Å². The standard InChI is InChI=1S/C11H7F3O4/c12-9-4-7(18-11(13)14)3-6(5-15)8(9)1-2-10(16)17/h1-5,11H,(H,16,17)/b2-1+. The van der Waals surface area contributed by atoms with E-state index in [-0.39, 0.29) is 17.4 Å². The van der Waals surface area contributed by atoms with Crippen molar-refractivity contribution in [3.8, 4) is 5.75 Å². The molecule has 1 N–H and O–H groups in total. The number of alkyl halides is 2. The molecule has 1 aromatic rings. The van der Waals surface area contributed by atoms with Crippen LogP contribution in [0.2, 0.25) is 0 Å². The Kier molecular flexibility index (Phi) is 4.47. The zero-order valence-corrected chi connectivity index (χ0v) is 8.77. The third-order valence-electron chi connectivity index (χ3n) is 1.88. The van der Waals surface area contributed by atoms with Gasteiger partial charge in [0.05, 0.1) is 0 Å². The van der Waals surface area contributed by atoms with Gasteiger partial charge in [-0.05, 0) is 12.1 Å². The van der Waals surface area contributed by atoms with Crippen LogP contribution in [0, 0.1) is 5.82 Å². The highest BCUT2D eigenvalue weighted by molar-refractivity contribution is 5.89. The van der Waals surface area contributed by atoms with Crippen LogP contribution < -0.4 is 4.74 Å². The van der Waals surface area contributed by atoms with Crippen molar-refractivity contribution in [3.63, 3.8) is 0 Å². The van der Waals surface area contributed by atoms with E-state index < -0.39 is 24.1 Å². The number of halogens is 3. The van der Waals surface area contributed by atoms with Crippen molar-refractivity contribution in [1.82, 2.24) is 0 Å². The highest BCUT2D eigenvalue weighted by Gasteiger charge is 2.12. The first-order valence-electron chi connectivity index (χ1n) is 4.58. The van der Waals surface area contributed by atoms with Gasteiger partial charge >= 0.3 is 12.6 Å². The second-order valence-corrected chi connectivity index (χ2v) is 3.08. The minimum atomic E-state index is -3.15. The van der Waals surface area contributed by atoms with Crippen molar-refractivity contribution in [2.45, 2.75) is 6.61 Å². The predicted octanol–water partition coefficient (Wildman–Crippen LogP) is 2.34. The van der Waals surface area contributed by atoms with Gasteiger partial charge in [-0.15, -0.1) is 0 Å². The smallest absolute Gasteiger partial charge is 0.387 e. The van der Waals surface area contributed by atoms with Crippen LogP contribution in [0.3, 0.4) is 0 Å². The highest BCUT2D eigenvalue weighted by atomic mass is 19.3. The molecule has 0 aliphatic heterocycles. The molecule has 0 unspecified atom stereocenters. The van der Waals surface area contributed by atoms with Gasteiger partial charge in [0.15, 0.2) is 6.29 Å². The van der Waals surface area contributed by atoms with Crippen LogP contribution >= 0.6 is 0 Å². The van der Waals surface area contributed by atoms with E-state index in [9.17, 15) is 22.8 Å². The molecule has 0 saturated carbocycles. The van der Waals surface area contributed by atoms with Crippen molar-refractivity contribution in [3.05, 3.63) is 35.2 Å². The van der Waals surface area contributed by atoms with Crippen LogP contribution in [-0.4, -0.2) is 24.0 Å². The fourth-order valence-corrected chi connectivity index (χ4v) is 1.21.